The highest BCUT2D eigenvalue weighted by atomic mass is 32.2. The first-order valence-corrected chi connectivity index (χ1v) is 15.1. The average Bonchev–Trinajstić information content (AvgIpc) is 2.98. The number of amidine groups is 1. The predicted octanol–water partition coefficient (Wildman–Crippen LogP) is 5.07. The molecular weight excluding hydrogens is 534 g/mol. The van der Waals surface area contributed by atoms with E-state index < -0.39 is 15.9 Å². The second-order valence-electron chi connectivity index (χ2n) is 10.2. The molecule has 1 aliphatic heterocycles. The smallest absolute Gasteiger partial charge is 0.238 e. The van der Waals surface area contributed by atoms with E-state index in [1.54, 1.807) is 42.5 Å². The summed E-state index contributed by atoms with van der Waals surface area (Å²) in [5.74, 6) is -0.582. The van der Waals surface area contributed by atoms with E-state index >= 15 is 0 Å². The Kier molecular flexibility index (Phi) is 8.19. The lowest BCUT2D eigenvalue weighted by molar-refractivity contribution is -0.118. The summed E-state index contributed by atoms with van der Waals surface area (Å²) in [7, 11) is -3.89. The Morgan fingerprint density at radius 1 is 0.902 bits per heavy atom. The van der Waals surface area contributed by atoms with Crippen LogP contribution in [0.25, 0.3) is 11.1 Å². The summed E-state index contributed by atoms with van der Waals surface area (Å²) in [6, 6.07) is 31.0. The number of nitrogens with zero attached hydrogens (tertiary/aromatic N) is 1. The Hall–Kier alpha value is -4.47. The van der Waals surface area contributed by atoms with E-state index in [1.807, 2.05) is 54.6 Å². The minimum absolute atomic E-state index is 0.00731. The molecular formula is C32H33N5O3S. The normalized spacial score (nSPS) is 16.1. The summed E-state index contributed by atoms with van der Waals surface area (Å²) in [6.07, 6.45) is 2.84. The molecule has 1 aliphatic rings. The number of piperidine rings is 1. The lowest BCUT2D eigenvalue weighted by atomic mass is 9.84. The SMILES string of the molecule is N=C(N)c1cccc(N2CCCCC2C(C(=O)Nc2ccc(-c3ccccc3S(N)(=O)=O)cc2)c2ccccc2)c1. The van der Waals surface area contributed by atoms with E-state index in [-0.39, 0.29) is 22.7 Å². The van der Waals surface area contributed by atoms with E-state index in [1.165, 1.54) is 6.07 Å². The molecule has 4 aromatic carbocycles. The summed E-state index contributed by atoms with van der Waals surface area (Å²) < 4.78 is 24.2. The molecule has 2 atom stereocenters. The van der Waals surface area contributed by atoms with Gasteiger partial charge in [0, 0.05) is 35.1 Å². The van der Waals surface area contributed by atoms with Crippen LogP contribution in [0, 0.1) is 5.41 Å². The molecule has 210 valence electrons. The molecule has 1 saturated heterocycles. The van der Waals surface area contributed by atoms with Crippen LogP contribution in [0.5, 0.6) is 0 Å². The van der Waals surface area contributed by atoms with Gasteiger partial charge in [0.1, 0.15) is 5.84 Å². The third-order valence-electron chi connectivity index (χ3n) is 7.52. The van der Waals surface area contributed by atoms with Crippen molar-refractivity contribution in [1.29, 1.82) is 5.41 Å². The van der Waals surface area contributed by atoms with Crippen molar-refractivity contribution < 1.29 is 13.2 Å². The quantitative estimate of drug-likeness (QED) is 0.174. The monoisotopic (exact) mass is 567 g/mol. The molecule has 1 amide bonds. The summed E-state index contributed by atoms with van der Waals surface area (Å²) in [4.78, 5) is 16.3. The maximum absolute atomic E-state index is 14.0. The summed E-state index contributed by atoms with van der Waals surface area (Å²) >= 11 is 0. The van der Waals surface area contributed by atoms with Gasteiger partial charge < -0.3 is 16.0 Å². The molecule has 2 unspecified atom stereocenters. The summed E-state index contributed by atoms with van der Waals surface area (Å²) in [5.41, 5.74) is 10.1. The molecule has 0 saturated carbocycles. The van der Waals surface area contributed by atoms with Crippen molar-refractivity contribution in [3.63, 3.8) is 0 Å². The van der Waals surface area contributed by atoms with Gasteiger partial charge >= 0.3 is 0 Å². The van der Waals surface area contributed by atoms with Crippen LogP contribution in [0.15, 0.2) is 108 Å². The number of primary sulfonamides is 1. The molecule has 8 nitrogen and oxygen atoms in total. The Morgan fingerprint density at radius 3 is 2.32 bits per heavy atom. The highest BCUT2D eigenvalue weighted by Crippen LogP contribution is 2.35. The van der Waals surface area contributed by atoms with Crippen molar-refractivity contribution in [1.82, 2.24) is 0 Å². The molecule has 0 bridgehead atoms. The van der Waals surface area contributed by atoms with E-state index in [4.69, 9.17) is 16.3 Å². The molecule has 9 heteroatoms. The third-order valence-corrected chi connectivity index (χ3v) is 8.49. The molecule has 4 aromatic rings. The number of amides is 1. The Balaban J connectivity index is 1.45. The topological polar surface area (TPSA) is 142 Å². The lowest BCUT2D eigenvalue weighted by Crippen LogP contribution is -2.47. The van der Waals surface area contributed by atoms with E-state index in [2.05, 4.69) is 10.2 Å². The third kappa shape index (κ3) is 6.32. The van der Waals surface area contributed by atoms with Crippen molar-refractivity contribution in [2.45, 2.75) is 36.1 Å². The fraction of sp³-hybridized carbons (Fsp3) is 0.188. The average molecular weight is 568 g/mol. The number of carbonyl (C=O) groups is 1. The molecule has 6 N–H and O–H groups in total. The van der Waals surface area contributed by atoms with E-state index in [9.17, 15) is 13.2 Å². The summed E-state index contributed by atoms with van der Waals surface area (Å²) in [5, 5.41) is 16.4. The number of sulfonamides is 1. The highest BCUT2D eigenvalue weighted by Gasteiger charge is 2.36. The van der Waals surface area contributed by atoms with Gasteiger partial charge in [0.05, 0.1) is 10.8 Å². The maximum Gasteiger partial charge on any atom is 0.238 e. The fourth-order valence-electron chi connectivity index (χ4n) is 5.59. The molecule has 0 spiro atoms. The molecule has 5 rings (SSSR count). The largest absolute Gasteiger partial charge is 0.384 e. The number of hydrogen-bond acceptors (Lipinski definition) is 5. The zero-order chi connectivity index (χ0) is 29.0. The van der Waals surface area contributed by atoms with Gasteiger partial charge in [-0.2, -0.15) is 0 Å². The first-order chi connectivity index (χ1) is 19.7. The molecule has 0 aliphatic carbocycles. The first-order valence-electron chi connectivity index (χ1n) is 13.5. The van der Waals surface area contributed by atoms with Crippen LogP contribution in [-0.4, -0.2) is 32.7 Å². The number of anilines is 2. The van der Waals surface area contributed by atoms with Crippen molar-refractivity contribution in [2.75, 3.05) is 16.8 Å². The van der Waals surface area contributed by atoms with Gasteiger partial charge in [0.15, 0.2) is 0 Å². The Morgan fingerprint density at radius 2 is 1.61 bits per heavy atom. The van der Waals surface area contributed by atoms with Gasteiger partial charge in [0.25, 0.3) is 0 Å². The van der Waals surface area contributed by atoms with Crippen molar-refractivity contribution in [3.8, 4) is 11.1 Å². The Bertz CT molecular complexity index is 1660. The number of benzene rings is 4. The fourth-order valence-corrected chi connectivity index (χ4v) is 6.35. The van der Waals surface area contributed by atoms with Gasteiger partial charge in [-0.05, 0) is 60.7 Å². The van der Waals surface area contributed by atoms with Gasteiger partial charge in [-0.25, -0.2) is 13.6 Å². The van der Waals surface area contributed by atoms with Gasteiger partial charge in [-0.1, -0.05) is 72.8 Å². The number of carbonyl (C=O) groups excluding carboxylic acids is 1. The predicted molar refractivity (Wildman–Crippen MR) is 164 cm³/mol. The zero-order valence-corrected chi connectivity index (χ0v) is 23.3. The van der Waals surface area contributed by atoms with Crippen LogP contribution in [-0.2, 0) is 14.8 Å². The van der Waals surface area contributed by atoms with Crippen LogP contribution in [0.4, 0.5) is 11.4 Å². The molecule has 41 heavy (non-hydrogen) atoms. The number of nitrogen functional groups attached to an aromatic ring is 1. The van der Waals surface area contributed by atoms with Crippen molar-refractivity contribution in [2.24, 2.45) is 10.9 Å². The number of rotatable bonds is 8. The Labute approximate surface area is 240 Å². The molecule has 1 fully saturated rings. The molecule has 0 aromatic heterocycles. The van der Waals surface area contributed by atoms with Gasteiger partial charge in [-0.3, -0.25) is 10.2 Å². The zero-order valence-electron chi connectivity index (χ0n) is 22.5. The van der Waals surface area contributed by atoms with Crippen molar-refractivity contribution >= 4 is 33.1 Å². The van der Waals surface area contributed by atoms with Crippen LogP contribution in [0.2, 0.25) is 0 Å². The van der Waals surface area contributed by atoms with Crippen LogP contribution in [0.1, 0.15) is 36.3 Å². The molecule has 0 radical (unpaired) electrons. The summed E-state index contributed by atoms with van der Waals surface area (Å²) in [6.45, 7) is 0.792. The lowest BCUT2D eigenvalue weighted by Gasteiger charge is -2.41. The van der Waals surface area contributed by atoms with Crippen LogP contribution >= 0.6 is 0 Å². The van der Waals surface area contributed by atoms with Crippen LogP contribution < -0.4 is 21.1 Å². The number of hydrogen-bond donors (Lipinski definition) is 4. The van der Waals surface area contributed by atoms with E-state index in [0.717, 1.165) is 37.1 Å². The van der Waals surface area contributed by atoms with Crippen molar-refractivity contribution in [3.05, 3.63) is 114 Å². The van der Waals surface area contributed by atoms with Gasteiger partial charge in [0.2, 0.25) is 15.9 Å². The minimum atomic E-state index is -3.89. The number of nitrogens with two attached hydrogens (primary N) is 2. The maximum atomic E-state index is 14.0. The molecule has 1 heterocycles. The number of nitrogens with one attached hydrogen (secondary N) is 2. The van der Waals surface area contributed by atoms with E-state index in [0.29, 0.717) is 22.4 Å². The standard InChI is InChI=1S/C32H33N5O3S/c33-31(34)24-11-8-12-26(21-24)37-20-7-6-14-28(37)30(23-9-2-1-3-10-23)32(38)36-25-18-16-22(17-19-25)27-13-4-5-15-29(27)41(35,39)40/h1-5,8-13,15-19,21,28,30H,6-7,14,20H2,(H3,33,34)(H,36,38)(H2,35,39,40). The second-order valence-corrected chi connectivity index (χ2v) is 11.7. The van der Waals surface area contributed by atoms with Crippen LogP contribution in [0.3, 0.4) is 0 Å². The van der Waals surface area contributed by atoms with Gasteiger partial charge in [-0.15, -0.1) is 0 Å². The minimum Gasteiger partial charge on any atom is -0.384 e. The second kappa shape index (κ2) is 12.0. The first kappa shape index (κ1) is 28.1. The highest BCUT2D eigenvalue weighted by molar-refractivity contribution is 7.89.